The van der Waals surface area contributed by atoms with Gasteiger partial charge in [-0.2, -0.15) is 13.2 Å². The fourth-order valence-electron chi connectivity index (χ4n) is 1.80. The molecule has 0 bridgehead atoms. The van der Waals surface area contributed by atoms with Gasteiger partial charge in [-0.05, 0) is 50.1 Å². The average Bonchev–Trinajstić information content (AvgIpc) is 2.37. The Morgan fingerprint density at radius 3 is 2.57 bits per heavy atom. The molecule has 3 nitrogen and oxygen atoms in total. The summed E-state index contributed by atoms with van der Waals surface area (Å²) in [4.78, 5) is 11.4. The summed E-state index contributed by atoms with van der Waals surface area (Å²) in [6.45, 7) is 2.34. The summed E-state index contributed by atoms with van der Waals surface area (Å²) in [7, 11) is 0. The Balaban J connectivity index is 2.36. The largest absolute Gasteiger partial charge is 0.405 e. The van der Waals surface area contributed by atoms with Crippen LogP contribution in [0, 0.1) is 12.7 Å². The molecule has 0 heterocycles. The second-order valence-electron chi connectivity index (χ2n) is 4.83. The highest BCUT2D eigenvalue weighted by atomic mass is 19.4. The summed E-state index contributed by atoms with van der Waals surface area (Å²) in [5.41, 5.74) is 1.72. The molecule has 0 aliphatic heterocycles. The van der Waals surface area contributed by atoms with Crippen molar-refractivity contribution in [1.29, 1.82) is 0 Å². The summed E-state index contributed by atoms with van der Waals surface area (Å²) in [5, 5.41) is 4.65. The molecule has 1 unspecified atom stereocenters. The van der Waals surface area contributed by atoms with Gasteiger partial charge in [0.25, 0.3) is 0 Å². The average molecular weight is 306 g/mol. The molecule has 0 radical (unpaired) electrons. The number of carbonyl (C=O) groups excluding carboxylic acids is 1. The molecule has 1 rings (SSSR count). The van der Waals surface area contributed by atoms with Gasteiger partial charge in [-0.1, -0.05) is 6.07 Å². The third-order valence-electron chi connectivity index (χ3n) is 3.01. The van der Waals surface area contributed by atoms with E-state index in [1.165, 1.54) is 19.1 Å². The summed E-state index contributed by atoms with van der Waals surface area (Å²) in [6.07, 6.45) is -3.86. The van der Waals surface area contributed by atoms with E-state index in [-0.39, 0.29) is 5.82 Å². The van der Waals surface area contributed by atoms with Crippen LogP contribution in [0.5, 0.6) is 0 Å². The predicted molar refractivity (Wildman–Crippen MR) is 71.4 cm³/mol. The van der Waals surface area contributed by atoms with Crippen molar-refractivity contribution >= 4 is 5.91 Å². The highest BCUT2D eigenvalue weighted by Crippen LogP contribution is 2.12. The standard InChI is InChI=1S/C14H18F4N2O/c1-9-7-12(15)4-3-11(9)5-6-19-10(2)13(21)20-8-14(16,17)18/h3-4,7,10,19H,5-6,8H2,1-2H3,(H,20,21). The molecule has 21 heavy (non-hydrogen) atoms. The zero-order valence-electron chi connectivity index (χ0n) is 11.9. The number of carbonyl (C=O) groups is 1. The molecule has 0 aromatic heterocycles. The number of hydrogen-bond donors (Lipinski definition) is 2. The third-order valence-corrected chi connectivity index (χ3v) is 3.01. The molecular weight excluding hydrogens is 288 g/mol. The summed E-state index contributed by atoms with van der Waals surface area (Å²) >= 11 is 0. The second-order valence-corrected chi connectivity index (χ2v) is 4.83. The SMILES string of the molecule is Cc1cc(F)ccc1CCNC(C)C(=O)NCC(F)(F)F. The first kappa shape index (κ1) is 17.4. The lowest BCUT2D eigenvalue weighted by Crippen LogP contribution is -2.45. The van der Waals surface area contributed by atoms with Crippen LogP contribution in [0.1, 0.15) is 18.1 Å². The van der Waals surface area contributed by atoms with E-state index in [0.717, 1.165) is 11.1 Å². The molecule has 1 aromatic rings. The van der Waals surface area contributed by atoms with Crippen LogP contribution in [0.2, 0.25) is 0 Å². The zero-order chi connectivity index (χ0) is 16.0. The van der Waals surface area contributed by atoms with Gasteiger partial charge in [0.2, 0.25) is 5.91 Å². The number of hydrogen-bond acceptors (Lipinski definition) is 2. The first-order chi connectivity index (χ1) is 9.69. The number of halogens is 4. The lowest BCUT2D eigenvalue weighted by molar-refractivity contribution is -0.139. The molecule has 7 heteroatoms. The smallest absolute Gasteiger partial charge is 0.346 e. The van der Waals surface area contributed by atoms with Crippen molar-refractivity contribution in [3.63, 3.8) is 0 Å². The molecule has 0 saturated carbocycles. The van der Waals surface area contributed by atoms with Gasteiger partial charge in [0.1, 0.15) is 12.4 Å². The minimum atomic E-state index is -4.42. The zero-order valence-corrected chi connectivity index (χ0v) is 11.9. The normalized spacial score (nSPS) is 13.0. The van der Waals surface area contributed by atoms with E-state index in [2.05, 4.69) is 5.32 Å². The van der Waals surface area contributed by atoms with Crippen LogP contribution >= 0.6 is 0 Å². The van der Waals surface area contributed by atoms with Gasteiger partial charge in [0.15, 0.2) is 0 Å². The van der Waals surface area contributed by atoms with Gasteiger partial charge >= 0.3 is 6.18 Å². The Bertz CT molecular complexity index is 488. The van der Waals surface area contributed by atoms with Crippen molar-refractivity contribution in [2.75, 3.05) is 13.1 Å². The molecule has 1 aromatic carbocycles. The maximum absolute atomic E-state index is 12.9. The molecule has 0 aliphatic carbocycles. The summed E-state index contributed by atoms with van der Waals surface area (Å²) in [5.74, 6) is -1.02. The molecule has 0 aliphatic rings. The van der Waals surface area contributed by atoms with Gasteiger partial charge in [0.05, 0.1) is 6.04 Å². The van der Waals surface area contributed by atoms with Crippen LogP contribution in [0.3, 0.4) is 0 Å². The molecule has 0 fully saturated rings. The van der Waals surface area contributed by atoms with E-state index >= 15 is 0 Å². The van der Waals surface area contributed by atoms with Crippen molar-refractivity contribution < 1.29 is 22.4 Å². The quantitative estimate of drug-likeness (QED) is 0.792. The van der Waals surface area contributed by atoms with Crippen LogP contribution in [0.25, 0.3) is 0 Å². The van der Waals surface area contributed by atoms with Crippen LogP contribution in [-0.2, 0) is 11.2 Å². The van der Waals surface area contributed by atoms with E-state index in [1.54, 1.807) is 13.0 Å². The summed E-state index contributed by atoms with van der Waals surface area (Å²) < 4.78 is 48.8. The second kappa shape index (κ2) is 7.40. The highest BCUT2D eigenvalue weighted by Gasteiger charge is 2.28. The molecule has 0 saturated heterocycles. The van der Waals surface area contributed by atoms with Gasteiger partial charge in [-0.25, -0.2) is 4.39 Å². The number of alkyl halides is 3. The first-order valence-electron chi connectivity index (χ1n) is 6.52. The Labute approximate surface area is 120 Å². The molecule has 1 atom stereocenters. The van der Waals surface area contributed by atoms with Gasteiger partial charge in [-0.3, -0.25) is 4.79 Å². The predicted octanol–water partition coefficient (Wildman–Crippen LogP) is 2.33. The number of nitrogens with one attached hydrogen (secondary N) is 2. The first-order valence-corrected chi connectivity index (χ1v) is 6.52. The Morgan fingerprint density at radius 2 is 2.00 bits per heavy atom. The lowest BCUT2D eigenvalue weighted by Gasteiger charge is -2.15. The Morgan fingerprint density at radius 1 is 1.33 bits per heavy atom. The van der Waals surface area contributed by atoms with Crippen LogP contribution < -0.4 is 10.6 Å². The van der Waals surface area contributed by atoms with E-state index in [0.29, 0.717) is 13.0 Å². The van der Waals surface area contributed by atoms with E-state index in [1.807, 2.05) is 5.32 Å². The van der Waals surface area contributed by atoms with Crippen molar-refractivity contribution in [3.05, 3.63) is 35.1 Å². The van der Waals surface area contributed by atoms with Gasteiger partial charge in [-0.15, -0.1) is 0 Å². The number of aryl methyl sites for hydroxylation is 1. The van der Waals surface area contributed by atoms with E-state index in [9.17, 15) is 22.4 Å². The number of rotatable bonds is 6. The van der Waals surface area contributed by atoms with Crippen LogP contribution in [-0.4, -0.2) is 31.2 Å². The van der Waals surface area contributed by atoms with Crippen molar-refractivity contribution in [2.24, 2.45) is 0 Å². The minimum Gasteiger partial charge on any atom is -0.346 e. The monoisotopic (exact) mass is 306 g/mol. The third kappa shape index (κ3) is 6.57. The lowest BCUT2D eigenvalue weighted by atomic mass is 10.1. The number of amides is 1. The highest BCUT2D eigenvalue weighted by molar-refractivity contribution is 5.81. The molecule has 2 N–H and O–H groups in total. The van der Waals surface area contributed by atoms with Crippen molar-refractivity contribution in [3.8, 4) is 0 Å². The maximum atomic E-state index is 12.9. The Hall–Kier alpha value is -1.63. The fourth-order valence-corrected chi connectivity index (χ4v) is 1.80. The van der Waals surface area contributed by atoms with Crippen LogP contribution in [0.4, 0.5) is 17.6 Å². The van der Waals surface area contributed by atoms with Crippen molar-refractivity contribution in [1.82, 2.24) is 10.6 Å². The topological polar surface area (TPSA) is 41.1 Å². The van der Waals surface area contributed by atoms with Crippen LogP contribution in [0.15, 0.2) is 18.2 Å². The minimum absolute atomic E-state index is 0.316. The molecule has 118 valence electrons. The summed E-state index contributed by atoms with van der Waals surface area (Å²) in [6, 6.07) is 3.69. The number of benzene rings is 1. The Kier molecular flexibility index (Phi) is 6.14. The fraction of sp³-hybridized carbons (Fsp3) is 0.500. The molecule has 1 amide bonds. The maximum Gasteiger partial charge on any atom is 0.405 e. The molecular formula is C14H18F4N2O. The van der Waals surface area contributed by atoms with E-state index in [4.69, 9.17) is 0 Å². The van der Waals surface area contributed by atoms with Crippen molar-refractivity contribution in [2.45, 2.75) is 32.5 Å². The molecule has 0 spiro atoms. The van der Waals surface area contributed by atoms with E-state index < -0.39 is 24.7 Å². The van der Waals surface area contributed by atoms with Gasteiger partial charge in [0, 0.05) is 0 Å². The van der Waals surface area contributed by atoms with Gasteiger partial charge < -0.3 is 10.6 Å².